The van der Waals surface area contributed by atoms with Crippen molar-refractivity contribution >= 4 is 5.78 Å². The Balaban J connectivity index is 1.35. The molecule has 0 bridgehead atoms. The summed E-state index contributed by atoms with van der Waals surface area (Å²) in [4.78, 5) is 11.8. The van der Waals surface area contributed by atoms with Crippen molar-refractivity contribution in [3.05, 3.63) is 95.1 Å². The van der Waals surface area contributed by atoms with Crippen molar-refractivity contribution in [1.82, 2.24) is 0 Å². The van der Waals surface area contributed by atoms with Crippen molar-refractivity contribution < 1.29 is 23.0 Å². The van der Waals surface area contributed by atoms with Gasteiger partial charge < -0.3 is 9.47 Å². The lowest BCUT2D eigenvalue weighted by Crippen LogP contribution is -2.24. The minimum atomic E-state index is -0.607. The summed E-state index contributed by atoms with van der Waals surface area (Å²) < 4.78 is 38.6. The molecule has 1 aliphatic rings. The van der Waals surface area contributed by atoms with E-state index < -0.39 is 11.6 Å². The van der Waals surface area contributed by atoms with Gasteiger partial charge in [-0.15, -0.1) is 0 Å². The predicted molar refractivity (Wildman–Crippen MR) is 128 cm³/mol. The third-order valence-corrected chi connectivity index (χ3v) is 6.51. The first-order chi connectivity index (χ1) is 16.5. The maximum Gasteiger partial charge on any atom is 0.162 e. The first-order valence-electron chi connectivity index (χ1n) is 12.0. The van der Waals surface area contributed by atoms with E-state index in [2.05, 4.69) is 12.1 Å². The molecule has 0 unspecified atom stereocenters. The van der Waals surface area contributed by atoms with E-state index >= 15 is 0 Å². The van der Waals surface area contributed by atoms with Crippen LogP contribution in [0.4, 0.5) is 8.78 Å². The summed E-state index contributed by atoms with van der Waals surface area (Å²) in [6.45, 7) is 2.60. The van der Waals surface area contributed by atoms with E-state index in [9.17, 15) is 13.6 Å². The molecule has 1 saturated carbocycles. The van der Waals surface area contributed by atoms with Crippen molar-refractivity contribution in [3.8, 4) is 11.5 Å². The summed E-state index contributed by atoms with van der Waals surface area (Å²) in [5, 5.41) is 0. The fourth-order valence-electron chi connectivity index (χ4n) is 4.66. The Labute approximate surface area is 199 Å². The third-order valence-electron chi connectivity index (χ3n) is 6.51. The topological polar surface area (TPSA) is 35.5 Å². The van der Waals surface area contributed by atoms with Crippen LogP contribution in [0, 0.1) is 17.6 Å². The van der Waals surface area contributed by atoms with E-state index in [0.717, 1.165) is 30.2 Å². The monoisotopic (exact) mass is 464 g/mol. The van der Waals surface area contributed by atoms with Gasteiger partial charge in [0.05, 0.1) is 6.61 Å². The lowest BCUT2D eigenvalue weighted by atomic mass is 9.76. The Kier molecular flexibility index (Phi) is 7.94. The van der Waals surface area contributed by atoms with Gasteiger partial charge in [-0.05, 0) is 84.3 Å². The van der Waals surface area contributed by atoms with Crippen LogP contribution in [0.3, 0.4) is 0 Å². The quantitative estimate of drug-likeness (QED) is 0.308. The summed E-state index contributed by atoms with van der Waals surface area (Å²) in [7, 11) is 0. The highest BCUT2D eigenvalue weighted by molar-refractivity contribution is 5.95. The zero-order valence-electron chi connectivity index (χ0n) is 19.4. The van der Waals surface area contributed by atoms with Crippen LogP contribution in [0.2, 0.25) is 0 Å². The largest absolute Gasteiger partial charge is 0.493 e. The van der Waals surface area contributed by atoms with Crippen LogP contribution >= 0.6 is 0 Å². The smallest absolute Gasteiger partial charge is 0.162 e. The van der Waals surface area contributed by atoms with Crippen molar-refractivity contribution in [2.75, 3.05) is 6.61 Å². The molecular weight excluding hydrogens is 434 g/mol. The molecule has 0 N–H and O–H groups in total. The molecule has 0 aromatic heterocycles. The maximum atomic E-state index is 13.4. The van der Waals surface area contributed by atoms with E-state index in [1.165, 1.54) is 30.5 Å². The Morgan fingerprint density at radius 1 is 0.853 bits per heavy atom. The highest BCUT2D eigenvalue weighted by Crippen LogP contribution is 2.38. The molecule has 3 aromatic carbocycles. The van der Waals surface area contributed by atoms with Crippen LogP contribution in [-0.4, -0.2) is 12.4 Å². The van der Waals surface area contributed by atoms with Crippen molar-refractivity contribution in [2.45, 2.75) is 51.6 Å². The van der Waals surface area contributed by atoms with Crippen LogP contribution in [0.5, 0.6) is 11.5 Å². The molecule has 3 aromatic rings. The maximum absolute atomic E-state index is 13.4. The zero-order chi connectivity index (χ0) is 23.9. The zero-order valence-corrected chi connectivity index (χ0v) is 19.4. The van der Waals surface area contributed by atoms with Crippen molar-refractivity contribution in [2.24, 2.45) is 5.92 Å². The second-order valence-corrected chi connectivity index (χ2v) is 8.90. The summed E-state index contributed by atoms with van der Waals surface area (Å²) in [6, 6.07) is 18.8. The number of rotatable bonds is 9. The van der Waals surface area contributed by atoms with Gasteiger partial charge in [-0.25, -0.2) is 8.78 Å². The summed E-state index contributed by atoms with van der Waals surface area (Å²) >= 11 is 0. The van der Waals surface area contributed by atoms with Crippen LogP contribution in [0.1, 0.15) is 66.4 Å². The summed E-state index contributed by atoms with van der Waals surface area (Å²) in [6.07, 6.45) is 5.11. The first-order valence-corrected chi connectivity index (χ1v) is 12.0. The fraction of sp³-hybridized carbons (Fsp3) is 0.345. The van der Waals surface area contributed by atoms with Gasteiger partial charge in [0.1, 0.15) is 29.7 Å². The fourth-order valence-corrected chi connectivity index (χ4v) is 4.66. The molecule has 0 aliphatic heterocycles. The van der Waals surface area contributed by atoms with E-state index in [4.69, 9.17) is 9.47 Å². The summed E-state index contributed by atoms with van der Waals surface area (Å²) in [5.41, 5.74) is 2.43. The van der Waals surface area contributed by atoms with Gasteiger partial charge in [0.15, 0.2) is 5.78 Å². The molecule has 4 rings (SSSR count). The Morgan fingerprint density at radius 3 is 2.15 bits per heavy atom. The van der Waals surface area contributed by atoms with Gasteiger partial charge >= 0.3 is 0 Å². The molecule has 0 spiro atoms. The van der Waals surface area contributed by atoms with Crippen molar-refractivity contribution in [3.63, 3.8) is 0 Å². The highest BCUT2D eigenvalue weighted by atomic mass is 19.1. The minimum absolute atomic E-state index is 0.108. The number of carbonyl (C=O) groups excluding carboxylic acids is 1. The second-order valence-electron chi connectivity index (χ2n) is 8.90. The number of ether oxygens (including phenoxy) is 2. The summed E-state index contributed by atoms with van der Waals surface area (Å²) in [5.74, 6) is 1.19. The molecule has 178 valence electrons. The number of carbonyl (C=O) groups is 1. The van der Waals surface area contributed by atoms with Gasteiger partial charge in [0.25, 0.3) is 0 Å². The van der Waals surface area contributed by atoms with Gasteiger partial charge in [-0.2, -0.15) is 0 Å². The third kappa shape index (κ3) is 6.22. The lowest BCUT2D eigenvalue weighted by molar-refractivity contribution is 0.0988. The molecule has 2 atom stereocenters. The van der Waals surface area contributed by atoms with Crippen LogP contribution in [-0.2, 0) is 6.61 Å². The Morgan fingerprint density at radius 2 is 1.47 bits per heavy atom. The standard InChI is InChI=1S/C29H30F2O3/c1-2-29(32)22-9-13-27(14-10-22)34-19-23-5-3-4-6-28(23)21-7-11-26(12-8-21)33-18-20-15-24(30)17-25(31)16-20/h7-17,23,28H,2-6,18-19H2,1H3/t23-,28-/m0/s1. The number of halogens is 2. The molecule has 5 heteroatoms. The van der Waals surface area contributed by atoms with Gasteiger partial charge in [-0.3, -0.25) is 4.79 Å². The van der Waals surface area contributed by atoms with E-state index in [1.54, 1.807) is 0 Å². The van der Waals surface area contributed by atoms with Crippen molar-refractivity contribution in [1.29, 1.82) is 0 Å². The number of hydrogen-bond acceptors (Lipinski definition) is 3. The van der Waals surface area contributed by atoms with E-state index in [0.29, 0.717) is 36.2 Å². The SMILES string of the molecule is CCC(=O)c1ccc(OC[C@@H]2CCCC[C@H]2c2ccc(OCc3cc(F)cc(F)c3)cc2)cc1. The average molecular weight is 465 g/mol. The molecule has 1 fully saturated rings. The highest BCUT2D eigenvalue weighted by Gasteiger charge is 2.27. The molecule has 1 aliphatic carbocycles. The van der Waals surface area contributed by atoms with Crippen LogP contribution in [0.25, 0.3) is 0 Å². The van der Waals surface area contributed by atoms with E-state index in [-0.39, 0.29) is 12.4 Å². The number of benzene rings is 3. The van der Waals surface area contributed by atoms with Gasteiger partial charge in [0.2, 0.25) is 0 Å². The number of hydrogen-bond donors (Lipinski definition) is 0. The molecule has 3 nitrogen and oxygen atoms in total. The predicted octanol–water partition coefficient (Wildman–Crippen LogP) is 7.49. The normalized spacial score (nSPS) is 17.9. The Bertz CT molecular complexity index is 1070. The second kappa shape index (κ2) is 11.3. The van der Waals surface area contributed by atoms with Crippen LogP contribution in [0.15, 0.2) is 66.7 Å². The van der Waals surface area contributed by atoms with E-state index in [1.807, 2.05) is 43.3 Å². The molecule has 0 saturated heterocycles. The van der Waals surface area contributed by atoms with Gasteiger partial charge in [0, 0.05) is 18.1 Å². The molecule has 34 heavy (non-hydrogen) atoms. The number of ketones is 1. The average Bonchev–Trinajstić information content (AvgIpc) is 2.86. The molecule has 0 radical (unpaired) electrons. The molecule has 0 heterocycles. The lowest BCUT2D eigenvalue weighted by Gasteiger charge is -2.32. The number of Topliss-reactive ketones (excluding diaryl/α,β-unsaturated/α-hetero) is 1. The first kappa shape index (κ1) is 23.9. The molecule has 0 amide bonds. The van der Waals surface area contributed by atoms with Crippen LogP contribution < -0.4 is 9.47 Å². The Hall–Kier alpha value is -3.21. The van der Waals surface area contributed by atoms with Gasteiger partial charge in [-0.1, -0.05) is 31.9 Å². The minimum Gasteiger partial charge on any atom is -0.493 e. The molecular formula is C29H30F2O3.